The Bertz CT molecular complexity index is 737. The highest BCUT2D eigenvalue weighted by atomic mass is 16.2. The maximum Gasteiger partial charge on any atom is 0.321 e. The molecule has 0 unspecified atom stereocenters. The van der Waals surface area contributed by atoms with E-state index in [2.05, 4.69) is 41.5 Å². The summed E-state index contributed by atoms with van der Waals surface area (Å²) in [7, 11) is 2.17. The molecule has 2 amide bonds. The number of para-hydroxylation sites is 2. The summed E-state index contributed by atoms with van der Waals surface area (Å²) in [5.41, 5.74) is 3.86. The maximum absolute atomic E-state index is 12.5. The lowest BCUT2D eigenvalue weighted by Crippen LogP contribution is -2.48. The number of likely N-dealkylation sites (tertiary alicyclic amines) is 1. The molecule has 4 nitrogen and oxygen atoms in total. The van der Waals surface area contributed by atoms with Gasteiger partial charge in [-0.25, -0.2) is 4.79 Å². The number of anilines is 2. The van der Waals surface area contributed by atoms with Crippen LogP contribution < -0.4 is 10.2 Å². The largest absolute Gasteiger partial charge is 0.373 e. The van der Waals surface area contributed by atoms with Crippen molar-refractivity contribution in [3.63, 3.8) is 0 Å². The summed E-state index contributed by atoms with van der Waals surface area (Å²) in [5.74, 6) is 0. The van der Waals surface area contributed by atoms with Crippen molar-refractivity contribution in [3.05, 3.63) is 60.2 Å². The van der Waals surface area contributed by atoms with Gasteiger partial charge in [0.25, 0.3) is 0 Å². The zero-order valence-corrected chi connectivity index (χ0v) is 18.0. The first-order valence-electron chi connectivity index (χ1n) is 10.6. The summed E-state index contributed by atoms with van der Waals surface area (Å²) in [4.78, 5) is 16.8. The first-order valence-corrected chi connectivity index (χ1v) is 10.6. The highest BCUT2D eigenvalue weighted by Gasteiger charge is 2.44. The smallest absolute Gasteiger partial charge is 0.321 e. The molecule has 0 aromatic heterocycles. The van der Waals surface area contributed by atoms with E-state index in [-0.39, 0.29) is 11.4 Å². The topological polar surface area (TPSA) is 35.6 Å². The SMILES string of the molecule is CC.CC.CN1CC2(CCN(C(=O)Nc3ccccc3)CC2)c2ccccc21. The van der Waals surface area contributed by atoms with Gasteiger partial charge in [-0.15, -0.1) is 0 Å². The first-order chi connectivity index (χ1) is 13.7. The van der Waals surface area contributed by atoms with Crippen LogP contribution in [0, 0.1) is 0 Å². The third-order valence-corrected chi connectivity index (χ3v) is 5.46. The third-order valence-electron chi connectivity index (χ3n) is 5.46. The summed E-state index contributed by atoms with van der Waals surface area (Å²) in [6.45, 7) is 10.7. The van der Waals surface area contributed by atoms with Crippen LogP contribution in [-0.2, 0) is 5.41 Å². The van der Waals surface area contributed by atoms with E-state index in [0.29, 0.717) is 0 Å². The number of rotatable bonds is 1. The van der Waals surface area contributed by atoms with Gasteiger partial charge >= 0.3 is 6.03 Å². The van der Waals surface area contributed by atoms with E-state index in [4.69, 9.17) is 0 Å². The maximum atomic E-state index is 12.5. The lowest BCUT2D eigenvalue weighted by molar-refractivity contribution is 0.173. The van der Waals surface area contributed by atoms with Crippen LogP contribution in [0.3, 0.4) is 0 Å². The molecule has 1 N–H and O–H groups in total. The van der Waals surface area contributed by atoms with Gasteiger partial charge in [0, 0.05) is 43.5 Å². The van der Waals surface area contributed by atoms with Crippen molar-refractivity contribution in [1.29, 1.82) is 0 Å². The number of urea groups is 1. The molecule has 152 valence electrons. The molecule has 0 radical (unpaired) electrons. The van der Waals surface area contributed by atoms with Crippen molar-refractivity contribution in [1.82, 2.24) is 4.90 Å². The molecule has 2 aliphatic heterocycles. The predicted octanol–water partition coefficient (Wildman–Crippen LogP) is 5.75. The fraction of sp³-hybridized carbons (Fsp3) is 0.458. The van der Waals surface area contributed by atoms with Crippen LogP contribution in [0.4, 0.5) is 16.2 Å². The van der Waals surface area contributed by atoms with E-state index in [0.717, 1.165) is 38.2 Å². The van der Waals surface area contributed by atoms with Crippen molar-refractivity contribution in [3.8, 4) is 0 Å². The molecule has 1 saturated heterocycles. The van der Waals surface area contributed by atoms with Gasteiger partial charge in [0.2, 0.25) is 0 Å². The van der Waals surface area contributed by atoms with Crippen LogP contribution in [0.2, 0.25) is 0 Å². The molecule has 1 spiro atoms. The minimum Gasteiger partial charge on any atom is -0.373 e. The Morgan fingerprint density at radius 1 is 0.893 bits per heavy atom. The Hall–Kier alpha value is -2.49. The molecule has 0 atom stereocenters. The molecule has 4 heteroatoms. The first kappa shape index (κ1) is 21.8. The van der Waals surface area contributed by atoms with Gasteiger partial charge in [0.1, 0.15) is 0 Å². The molecule has 4 rings (SSSR count). The number of amides is 2. The van der Waals surface area contributed by atoms with Crippen molar-refractivity contribution in [2.24, 2.45) is 0 Å². The van der Waals surface area contributed by atoms with Gasteiger partial charge in [0.05, 0.1) is 0 Å². The van der Waals surface area contributed by atoms with E-state index >= 15 is 0 Å². The molecule has 0 aliphatic carbocycles. The van der Waals surface area contributed by atoms with Gasteiger partial charge < -0.3 is 15.1 Å². The number of benzene rings is 2. The van der Waals surface area contributed by atoms with E-state index in [1.807, 2.05) is 62.9 Å². The molecule has 2 heterocycles. The molecular formula is C24H35N3O. The number of hydrogen-bond donors (Lipinski definition) is 1. The number of piperidine rings is 1. The second-order valence-electron chi connectivity index (χ2n) is 6.94. The van der Waals surface area contributed by atoms with Crippen LogP contribution >= 0.6 is 0 Å². The van der Waals surface area contributed by atoms with Gasteiger partial charge in [-0.3, -0.25) is 0 Å². The molecule has 2 aromatic rings. The van der Waals surface area contributed by atoms with Crippen LogP contribution in [-0.4, -0.2) is 37.6 Å². The number of nitrogens with zero attached hydrogens (tertiary/aromatic N) is 2. The second kappa shape index (κ2) is 10.2. The monoisotopic (exact) mass is 381 g/mol. The second-order valence-corrected chi connectivity index (χ2v) is 6.94. The summed E-state index contributed by atoms with van der Waals surface area (Å²) in [6.07, 6.45) is 2.05. The Morgan fingerprint density at radius 2 is 1.46 bits per heavy atom. The fourth-order valence-electron chi connectivity index (χ4n) is 4.17. The van der Waals surface area contributed by atoms with Crippen molar-refractivity contribution in [2.75, 3.05) is 36.9 Å². The van der Waals surface area contributed by atoms with E-state index in [1.54, 1.807) is 0 Å². The Balaban J connectivity index is 0.000000660. The lowest BCUT2D eigenvalue weighted by Gasteiger charge is -2.39. The van der Waals surface area contributed by atoms with E-state index in [9.17, 15) is 4.79 Å². The fourth-order valence-corrected chi connectivity index (χ4v) is 4.17. The molecule has 0 saturated carbocycles. The molecular weight excluding hydrogens is 346 g/mol. The molecule has 1 fully saturated rings. The average molecular weight is 382 g/mol. The van der Waals surface area contributed by atoms with Gasteiger partial charge in [-0.2, -0.15) is 0 Å². The molecule has 28 heavy (non-hydrogen) atoms. The van der Waals surface area contributed by atoms with Crippen LogP contribution in [0.15, 0.2) is 54.6 Å². The lowest BCUT2D eigenvalue weighted by atomic mass is 9.74. The number of carbonyl (C=O) groups is 1. The minimum atomic E-state index is 0.00990. The summed E-state index contributed by atoms with van der Waals surface area (Å²) < 4.78 is 0. The number of fused-ring (bicyclic) bond motifs is 2. The van der Waals surface area contributed by atoms with Crippen LogP contribution in [0.1, 0.15) is 46.1 Å². The third kappa shape index (κ3) is 4.49. The van der Waals surface area contributed by atoms with Gasteiger partial charge in [-0.1, -0.05) is 64.1 Å². The number of hydrogen-bond acceptors (Lipinski definition) is 2. The summed E-state index contributed by atoms with van der Waals surface area (Å²) in [6, 6.07) is 18.4. The number of nitrogens with one attached hydrogen (secondary N) is 1. The van der Waals surface area contributed by atoms with Crippen molar-refractivity contribution >= 4 is 17.4 Å². The van der Waals surface area contributed by atoms with E-state index in [1.165, 1.54) is 11.3 Å². The predicted molar refractivity (Wildman–Crippen MR) is 120 cm³/mol. The molecule has 0 bridgehead atoms. The van der Waals surface area contributed by atoms with Gasteiger partial charge in [-0.05, 0) is 36.6 Å². The van der Waals surface area contributed by atoms with Crippen molar-refractivity contribution < 1.29 is 4.79 Å². The highest BCUT2D eigenvalue weighted by molar-refractivity contribution is 5.89. The normalized spacial score (nSPS) is 16.3. The quantitative estimate of drug-likeness (QED) is 0.682. The minimum absolute atomic E-state index is 0.00990. The standard InChI is InChI=1S/C20H23N3O.2C2H6/c1-22-15-20(17-9-5-6-10-18(17)22)11-13-23(14-12-20)19(24)21-16-7-3-2-4-8-16;2*1-2/h2-10H,11-15H2,1H3,(H,21,24);2*1-2H3. The van der Waals surface area contributed by atoms with Crippen LogP contribution in [0.25, 0.3) is 0 Å². The highest BCUT2D eigenvalue weighted by Crippen LogP contribution is 2.46. The zero-order valence-electron chi connectivity index (χ0n) is 18.0. The molecule has 2 aliphatic rings. The number of likely N-dealkylation sites (N-methyl/N-ethyl adjacent to an activating group) is 1. The van der Waals surface area contributed by atoms with E-state index < -0.39 is 0 Å². The zero-order chi connectivity index (χ0) is 20.6. The van der Waals surface area contributed by atoms with Crippen molar-refractivity contribution in [2.45, 2.75) is 46.0 Å². The van der Waals surface area contributed by atoms with Crippen LogP contribution in [0.5, 0.6) is 0 Å². The number of carbonyl (C=O) groups excluding carboxylic acids is 1. The van der Waals surface area contributed by atoms with Gasteiger partial charge in [0.15, 0.2) is 0 Å². The Morgan fingerprint density at radius 3 is 2.11 bits per heavy atom. The Kier molecular flexibility index (Phi) is 7.91. The summed E-state index contributed by atoms with van der Waals surface area (Å²) in [5, 5.41) is 3.00. The molecule has 2 aromatic carbocycles. The average Bonchev–Trinajstić information content (AvgIpc) is 3.04. The summed E-state index contributed by atoms with van der Waals surface area (Å²) >= 11 is 0. The Labute approximate surface area is 170 Å².